The molecule has 31 heavy (non-hydrogen) atoms. The monoisotopic (exact) mass is 416 g/mol. The highest BCUT2D eigenvalue weighted by Gasteiger charge is 2.35. The average molecular weight is 417 g/mol. The zero-order chi connectivity index (χ0) is 21.6. The van der Waals surface area contributed by atoms with Crippen LogP contribution in [0.25, 0.3) is 0 Å². The predicted octanol–water partition coefficient (Wildman–Crippen LogP) is 8.22. The minimum absolute atomic E-state index is 0.702. The molecule has 0 unspecified atom stereocenters. The third-order valence-electron chi connectivity index (χ3n) is 5.57. The van der Waals surface area contributed by atoms with Crippen molar-refractivity contribution in [1.82, 2.24) is 0 Å². The molecule has 3 aromatic carbocycles. The van der Waals surface area contributed by atoms with Gasteiger partial charge in [0.15, 0.2) is 0 Å². The summed E-state index contributed by atoms with van der Waals surface area (Å²) in [7, 11) is 0. The molecule has 0 aliphatic carbocycles. The second-order valence-electron chi connectivity index (χ2n) is 8.27. The third-order valence-corrected chi connectivity index (χ3v) is 5.57. The highest BCUT2D eigenvalue weighted by atomic mass is 16.7. The van der Waals surface area contributed by atoms with E-state index in [9.17, 15) is 0 Å². The van der Waals surface area contributed by atoms with E-state index < -0.39 is 5.79 Å². The van der Waals surface area contributed by atoms with Gasteiger partial charge in [-0.1, -0.05) is 112 Å². The molecule has 0 saturated carbocycles. The number of para-hydroxylation sites is 2. The minimum Gasteiger partial charge on any atom is -0.452 e. The fourth-order valence-electron chi connectivity index (χ4n) is 3.95. The average Bonchev–Trinajstić information content (AvgIpc) is 2.80. The first-order valence-corrected chi connectivity index (χ1v) is 11.8. The van der Waals surface area contributed by atoms with Gasteiger partial charge in [0, 0.05) is 12.8 Å². The Morgan fingerprint density at radius 2 is 1.00 bits per heavy atom. The Morgan fingerprint density at radius 1 is 0.548 bits per heavy atom. The fraction of sp³-hybridized carbons (Fsp3) is 0.379. The van der Waals surface area contributed by atoms with E-state index in [1.807, 2.05) is 60.7 Å². The standard InChI is InChI=1S/C29H36O2/c1-2-3-4-5-6-7-17-24-29(25-26-18-11-8-12-19-26,30-27-20-13-9-14-21-27)31-28-22-15-10-16-23-28/h8-16,18-23H,2-7,17,24-25H2,1H3. The molecule has 0 aromatic heterocycles. The summed E-state index contributed by atoms with van der Waals surface area (Å²) >= 11 is 0. The van der Waals surface area contributed by atoms with E-state index >= 15 is 0 Å². The topological polar surface area (TPSA) is 18.5 Å². The van der Waals surface area contributed by atoms with Crippen molar-refractivity contribution in [2.75, 3.05) is 0 Å². The first-order chi connectivity index (χ1) is 15.3. The number of unbranched alkanes of at least 4 members (excludes halogenated alkanes) is 6. The molecule has 0 spiro atoms. The Bertz CT molecular complexity index is 729. The maximum Gasteiger partial charge on any atom is 0.255 e. The summed E-state index contributed by atoms with van der Waals surface area (Å²) < 4.78 is 13.3. The highest BCUT2D eigenvalue weighted by Crippen LogP contribution is 2.31. The maximum atomic E-state index is 6.63. The molecule has 0 atom stereocenters. The van der Waals surface area contributed by atoms with Gasteiger partial charge in [-0.2, -0.15) is 0 Å². The van der Waals surface area contributed by atoms with Crippen LogP contribution in [-0.2, 0) is 6.42 Å². The third kappa shape index (κ3) is 8.13. The van der Waals surface area contributed by atoms with Crippen LogP contribution in [0.15, 0.2) is 91.0 Å². The van der Waals surface area contributed by atoms with Crippen LogP contribution in [0.4, 0.5) is 0 Å². The molecule has 0 aliphatic rings. The van der Waals surface area contributed by atoms with Crippen molar-refractivity contribution in [2.24, 2.45) is 0 Å². The lowest BCUT2D eigenvalue weighted by Gasteiger charge is -2.35. The van der Waals surface area contributed by atoms with Gasteiger partial charge in [-0.25, -0.2) is 0 Å². The van der Waals surface area contributed by atoms with E-state index in [1.54, 1.807) is 0 Å². The number of hydrogen-bond donors (Lipinski definition) is 0. The molecule has 0 fully saturated rings. The van der Waals surface area contributed by atoms with Gasteiger partial charge in [-0.15, -0.1) is 0 Å². The molecule has 0 saturated heterocycles. The zero-order valence-corrected chi connectivity index (χ0v) is 18.8. The number of benzene rings is 3. The molecule has 3 aromatic rings. The number of hydrogen-bond acceptors (Lipinski definition) is 2. The largest absolute Gasteiger partial charge is 0.452 e. The second-order valence-corrected chi connectivity index (χ2v) is 8.27. The minimum atomic E-state index is -0.743. The van der Waals surface area contributed by atoms with E-state index in [0.717, 1.165) is 24.3 Å². The van der Waals surface area contributed by atoms with Crippen LogP contribution >= 0.6 is 0 Å². The Morgan fingerprint density at radius 3 is 1.52 bits per heavy atom. The summed E-state index contributed by atoms with van der Waals surface area (Å²) in [5.74, 6) is 0.947. The number of rotatable bonds is 14. The predicted molar refractivity (Wildman–Crippen MR) is 130 cm³/mol. The lowest BCUT2D eigenvalue weighted by atomic mass is 9.97. The first-order valence-electron chi connectivity index (χ1n) is 11.8. The van der Waals surface area contributed by atoms with Crippen LogP contribution in [0.1, 0.15) is 63.9 Å². The van der Waals surface area contributed by atoms with Crippen LogP contribution in [0.5, 0.6) is 11.5 Å². The van der Waals surface area contributed by atoms with Gasteiger partial charge >= 0.3 is 0 Å². The van der Waals surface area contributed by atoms with Gasteiger partial charge in [-0.3, -0.25) is 0 Å². The van der Waals surface area contributed by atoms with Gasteiger partial charge in [0.25, 0.3) is 5.79 Å². The summed E-state index contributed by atoms with van der Waals surface area (Å²) in [5, 5.41) is 0. The Kier molecular flexibility index (Phi) is 9.50. The van der Waals surface area contributed by atoms with Crippen molar-refractivity contribution in [3.8, 4) is 11.5 Å². The summed E-state index contributed by atoms with van der Waals surface area (Å²) in [6, 6.07) is 30.7. The lowest BCUT2D eigenvalue weighted by molar-refractivity contribution is -0.120. The quantitative estimate of drug-likeness (QED) is 0.195. The van der Waals surface area contributed by atoms with Crippen LogP contribution in [0.2, 0.25) is 0 Å². The van der Waals surface area contributed by atoms with Gasteiger partial charge in [0.2, 0.25) is 0 Å². The smallest absolute Gasteiger partial charge is 0.255 e. The van der Waals surface area contributed by atoms with E-state index in [0.29, 0.717) is 6.42 Å². The molecule has 0 N–H and O–H groups in total. The molecule has 0 amide bonds. The van der Waals surface area contributed by atoms with Crippen LogP contribution in [-0.4, -0.2) is 5.79 Å². The Balaban J connectivity index is 1.78. The maximum absolute atomic E-state index is 6.63. The Labute approximate surface area is 188 Å². The molecule has 164 valence electrons. The van der Waals surface area contributed by atoms with Gasteiger partial charge < -0.3 is 9.47 Å². The molecule has 0 bridgehead atoms. The zero-order valence-electron chi connectivity index (χ0n) is 18.8. The van der Waals surface area contributed by atoms with Crippen molar-refractivity contribution in [3.63, 3.8) is 0 Å². The van der Waals surface area contributed by atoms with Crippen molar-refractivity contribution in [1.29, 1.82) is 0 Å². The summed E-state index contributed by atoms with van der Waals surface area (Å²) in [6.45, 7) is 2.26. The van der Waals surface area contributed by atoms with Crippen LogP contribution in [0.3, 0.4) is 0 Å². The van der Waals surface area contributed by atoms with Crippen LogP contribution in [0, 0.1) is 0 Å². The van der Waals surface area contributed by atoms with Gasteiger partial charge in [0.1, 0.15) is 11.5 Å². The summed E-state index contributed by atoms with van der Waals surface area (Å²) in [4.78, 5) is 0. The highest BCUT2D eigenvalue weighted by molar-refractivity contribution is 5.26. The molecular formula is C29H36O2. The van der Waals surface area contributed by atoms with Crippen LogP contribution < -0.4 is 9.47 Å². The van der Waals surface area contributed by atoms with Gasteiger partial charge in [-0.05, 0) is 36.2 Å². The van der Waals surface area contributed by atoms with Crippen molar-refractivity contribution < 1.29 is 9.47 Å². The molecular weight excluding hydrogens is 380 g/mol. The lowest BCUT2D eigenvalue weighted by Crippen LogP contribution is -2.44. The molecule has 2 nitrogen and oxygen atoms in total. The van der Waals surface area contributed by atoms with E-state index in [1.165, 1.54) is 44.1 Å². The molecule has 2 heteroatoms. The normalized spacial score (nSPS) is 11.3. The number of ether oxygens (including phenoxy) is 2. The Hall–Kier alpha value is -2.74. The molecule has 0 heterocycles. The van der Waals surface area contributed by atoms with Gasteiger partial charge in [0.05, 0.1) is 0 Å². The SMILES string of the molecule is CCCCCCCCCC(Cc1ccccc1)(Oc1ccccc1)Oc1ccccc1. The van der Waals surface area contributed by atoms with Crippen molar-refractivity contribution in [3.05, 3.63) is 96.6 Å². The summed E-state index contributed by atoms with van der Waals surface area (Å²) in [5.41, 5.74) is 1.22. The van der Waals surface area contributed by atoms with E-state index in [4.69, 9.17) is 9.47 Å². The first kappa shape index (κ1) is 22.9. The van der Waals surface area contributed by atoms with Crippen molar-refractivity contribution >= 4 is 0 Å². The molecule has 3 rings (SSSR count). The summed E-state index contributed by atoms with van der Waals surface area (Å²) in [6.07, 6.45) is 10.4. The molecule has 0 radical (unpaired) electrons. The molecule has 0 aliphatic heterocycles. The van der Waals surface area contributed by atoms with E-state index in [2.05, 4.69) is 37.3 Å². The van der Waals surface area contributed by atoms with E-state index in [-0.39, 0.29) is 0 Å². The second kappa shape index (κ2) is 12.8. The fourth-order valence-corrected chi connectivity index (χ4v) is 3.95. The van der Waals surface area contributed by atoms with Crippen molar-refractivity contribution in [2.45, 2.75) is 70.5 Å².